The topological polar surface area (TPSA) is 53.1 Å². The highest BCUT2D eigenvalue weighted by atomic mass is 35.5. The van der Waals surface area contributed by atoms with Gasteiger partial charge < -0.3 is 0 Å². The highest BCUT2D eigenvalue weighted by Crippen LogP contribution is 2.24. The maximum absolute atomic E-state index is 8.01. The lowest BCUT2D eigenvalue weighted by Gasteiger charge is -2.20. The van der Waals surface area contributed by atoms with Gasteiger partial charge in [0.25, 0.3) is 0 Å². The molecule has 0 amide bonds. The summed E-state index contributed by atoms with van der Waals surface area (Å²) in [5, 5.41) is 9.81. The average Bonchev–Trinajstić information content (AvgIpc) is 2.39. The number of hydrogen-bond acceptors (Lipinski definition) is 2. The van der Waals surface area contributed by atoms with Crippen molar-refractivity contribution in [1.82, 2.24) is 0 Å². The fourth-order valence-electron chi connectivity index (χ4n) is 1.50. The van der Waals surface area contributed by atoms with Crippen LogP contribution in [0.3, 0.4) is 0 Å². The maximum Gasteiger partial charge on any atom is 0.147 e. The van der Waals surface area contributed by atoms with Crippen molar-refractivity contribution in [1.29, 1.82) is 5.41 Å². The first-order valence-electron chi connectivity index (χ1n) is 5.13. The van der Waals surface area contributed by atoms with Gasteiger partial charge in [-0.2, -0.15) is 0 Å². The van der Waals surface area contributed by atoms with Crippen LogP contribution in [0.1, 0.15) is 5.56 Å². The number of amidine groups is 1. The molecule has 0 heterocycles. The molecule has 0 aliphatic carbocycles. The lowest BCUT2D eigenvalue weighted by atomic mass is 10.2. The second-order valence-corrected chi connectivity index (χ2v) is 3.94. The van der Waals surface area contributed by atoms with Gasteiger partial charge in [0.1, 0.15) is 5.84 Å². The summed E-state index contributed by atoms with van der Waals surface area (Å²) in [5.41, 5.74) is 1.36. The highest BCUT2D eigenvalue weighted by Gasteiger charge is 2.12. The molecule has 86 valence electrons. The summed E-state index contributed by atoms with van der Waals surface area (Å²) in [4.78, 5) is 0. The van der Waals surface area contributed by atoms with Crippen LogP contribution in [0.2, 0.25) is 5.02 Å². The third-order valence-corrected chi connectivity index (χ3v) is 2.72. The number of halogens is 1. The second kappa shape index (κ2) is 4.99. The first-order chi connectivity index (χ1) is 8.20. The summed E-state index contributed by atoms with van der Waals surface area (Å²) < 4.78 is 0. The summed E-state index contributed by atoms with van der Waals surface area (Å²) in [5.74, 6) is 6.10. The fraction of sp³-hybridized carbons (Fsp3) is 0. The standard InChI is InChI=1S/C13H12ClN3/c14-11-8-4-5-9-12(11)17(16)13(15)10-6-2-1-3-7-10/h1-9,15H,16H2. The van der Waals surface area contributed by atoms with Gasteiger partial charge in [-0.05, 0) is 12.1 Å². The smallest absolute Gasteiger partial charge is 0.147 e. The molecule has 0 aliphatic rings. The van der Waals surface area contributed by atoms with Crippen molar-refractivity contribution in [2.75, 3.05) is 5.01 Å². The summed E-state index contributed by atoms with van der Waals surface area (Å²) in [6.07, 6.45) is 0. The van der Waals surface area contributed by atoms with Gasteiger partial charge in [-0.15, -0.1) is 0 Å². The molecular formula is C13H12ClN3. The van der Waals surface area contributed by atoms with Gasteiger partial charge in [0.15, 0.2) is 0 Å². The third-order valence-electron chi connectivity index (χ3n) is 2.40. The average molecular weight is 246 g/mol. The molecule has 0 saturated heterocycles. The molecule has 0 unspecified atom stereocenters. The number of anilines is 1. The molecule has 0 radical (unpaired) electrons. The van der Waals surface area contributed by atoms with Crippen LogP contribution in [0.4, 0.5) is 5.69 Å². The van der Waals surface area contributed by atoms with Crippen LogP contribution in [-0.4, -0.2) is 5.84 Å². The van der Waals surface area contributed by atoms with Crippen molar-refractivity contribution < 1.29 is 0 Å². The van der Waals surface area contributed by atoms with E-state index in [1.54, 1.807) is 12.1 Å². The van der Waals surface area contributed by atoms with Crippen molar-refractivity contribution in [3.63, 3.8) is 0 Å². The Morgan fingerprint density at radius 3 is 2.24 bits per heavy atom. The van der Waals surface area contributed by atoms with Crippen LogP contribution >= 0.6 is 11.6 Å². The van der Waals surface area contributed by atoms with E-state index in [1.165, 1.54) is 5.01 Å². The zero-order valence-corrected chi connectivity index (χ0v) is 9.85. The van der Waals surface area contributed by atoms with Crippen LogP contribution < -0.4 is 10.9 Å². The SMILES string of the molecule is N=C(c1ccccc1)N(N)c1ccccc1Cl. The second-order valence-electron chi connectivity index (χ2n) is 3.54. The number of hydrogen-bond donors (Lipinski definition) is 2. The van der Waals surface area contributed by atoms with E-state index >= 15 is 0 Å². The normalized spacial score (nSPS) is 10.0. The number of hydrazine groups is 1. The Morgan fingerprint density at radius 1 is 1.00 bits per heavy atom. The molecule has 0 fully saturated rings. The monoisotopic (exact) mass is 245 g/mol. The lowest BCUT2D eigenvalue weighted by molar-refractivity contribution is 1.11. The van der Waals surface area contributed by atoms with E-state index in [4.69, 9.17) is 22.9 Å². The Kier molecular flexibility index (Phi) is 3.42. The van der Waals surface area contributed by atoms with Crippen molar-refractivity contribution in [2.24, 2.45) is 5.84 Å². The minimum atomic E-state index is 0.207. The van der Waals surface area contributed by atoms with E-state index in [0.29, 0.717) is 10.7 Å². The van der Waals surface area contributed by atoms with Gasteiger partial charge in [0, 0.05) is 5.56 Å². The molecule has 0 aromatic heterocycles. The van der Waals surface area contributed by atoms with Crippen LogP contribution in [0.25, 0.3) is 0 Å². The zero-order chi connectivity index (χ0) is 12.3. The molecule has 4 heteroatoms. The summed E-state index contributed by atoms with van der Waals surface area (Å²) in [7, 11) is 0. The number of nitrogens with zero attached hydrogens (tertiary/aromatic N) is 1. The summed E-state index contributed by atoms with van der Waals surface area (Å²) >= 11 is 6.03. The first kappa shape index (κ1) is 11.6. The van der Waals surface area contributed by atoms with Crippen LogP contribution in [-0.2, 0) is 0 Å². The number of rotatable bonds is 2. The van der Waals surface area contributed by atoms with E-state index < -0.39 is 0 Å². The molecule has 0 aliphatic heterocycles. The Bertz CT molecular complexity index is 525. The van der Waals surface area contributed by atoms with Gasteiger partial charge in [-0.1, -0.05) is 54.1 Å². The van der Waals surface area contributed by atoms with Crippen molar-refractivity contribution in [2.45, 2.75) is 0 Å². The Labute approximate surface area is 105 Å². The van der Waals surface area contributed by atoms with E-state index in [9.17, 15) is 0 Å². The molecule has 0 bridgehead atoms. The maximum atomic E-state index is 8.01. The van der Waals surface area contributed by atoms with E-state index in [-0.39, 0.29) is 5.84 Å². The van der Waals surface area contributed by atoms with Gasteiger partial charge in [-0.3, -0.25) is 10.4 Å². The molecule has 3 nitrogen and oxygen atoms in total. The largest absolute Gasteiger partial charge is 0.283 e. The van der Waals surface area contributed by atoms with Crippen LogP contribution in [0.5, 0.6) is 0 Å². The zero-order valence-electron chi connectivity index (χ0n) is 9.10. The van der Waals surface area contributed by atoms with Gasteiger partial charge in [0.2, 0.25) is 0 Å². The molecule has 0 saturated carbocycles. The van der Waals surface area contributed by atoms with E-state index in [2.05, 4.69) is 0 Å². The van der Waals surface area contributed by atoms with Crippen LogP contribution in [0, 0.1) is 5.41 Å². The van der Waals surface area contributed by atoms with Crippen LogP contribution in [0.15, 0.2) is 54.6 Å². The van der Waals surface area contributed by atoms with Crippen molar-refractivity contribution in [3.8, 4) is 0 Å². The minimum absolute atomic E-state index is 0.207. The lowest BCUT2D eigenvalue weighted by Crippen LogP contribution is -2.37. The van der Waals surface area contributed by atoms with Crippen molar-refractivity contribution >= 4 is 23.1 Å². The van der Waals surface area contributed by atoms with Gasteiger partial charge in [-0.25, -0.2) is 5.84 Å². The molecule has 17 heavy (non-hydrogen) atoms. The third kappa shape index (κ3) is 2.46. The number of para-hydroxylation sites is 1. The highest BCUT2D eigenvalue weighted by molar-refractivity contribution is 6.34. The Morgan fingerprint density at radius 2 is 1.59 bits per heavy atom. The molecule has 2 aromatic rings. The predicted molar refractivity (Wildman–Crippen MR) is 71.4 cm³/mol. The van der Waals surface area contributed by atoms with Gasteiger partial charge >= 0.3 is 0 Å². The quantitative estimate of drug-likeness (QED) is 0.370. The molecule has 2 rings (SSSR count). The van der Waals surface area contributed by atoms with Gasteiger partial charge in [0.05, 0.1) is 10.7 Å². The Hall–Kier alpha value is -1.84. The fourth-order valence-corrected chi connectivity index (χ4v) is 1.73. The van der Waals surface area contributed by atoms with E-state index in [0.717, 1.165) is 5.56 Å². The minimum Gasteiger partial charge on any atom is -0.283 e. The number of nitrogens with two attached hydrogens (primary N) is 1. The number of nitrogens with one attached hydrogen (secondary N) is 1. The molecular weight excluding hydrogens is 234 g/mol. The molecule has 2 aromatic carbocycles. The van der Waals surface area contributed by atoms with Crippen molar-refractivity contribution in [3.05, 3.63) is 65.2 Å². The Balaban J connectivity index is 2.30. The summed E-state index contributed by atoms with van der Waals surface area (Å²) in [6, 6.07) is 16.5. The van der Waals surface area contributed by atoms with E-state index in [1.807, 2.05) is 42.5 Å². The predicted octanol–water partition coefficient (Wildman–Crippen LogP) is 3.05. The number of benzene rings is 2. The molecule has 0 atom stereocenters. The molecule has 0 spiro atoms. The summed E-state index contributed by atoms with van der Waals surface area (Å²) in [6.45, 7) is 0. The molecule has 3 N–H and O–H groups in total. The first-order valence-corrected chi connectivity index (χ1v) is 5.51.